The highest BCUT2D eigenvalue weighted by Crippen LogP contribution is 2.20. The van der Waals surface area contributed by atoms with Gasteiger partial charge in [-0.25, -0.2) is 9.97 Å². The summed E-state index contributed by atoms with van der Waals surface area (Å²) in [6.07, 6.45) is 4.05. The molecule has 6 heteroatoms. The van der Waals surface area contributed by atoms with Crippen LogP contribution in [0.4, 0.5) is 0 Å². The molecule has 1 atom stereocenters. The number of nitrogens with one attached hydrogen (secondary N) is 1. The summed E-state index contributed by atoms with van der Waals surface area (Å²) in [4.78, 5) is 25.7. The molecule has 0 radical (unpaired) electrons. The minimum absolute atomic E-state index is 0.126. The van der Waals surface area contributed by atoms with Crippen LogP contribution in [0.15, 0.2) is 59.5 Å². The third kappa shape index (κ3) is 4.64. The Hall–Kier alpha value is -2.99. The predicted molar refractivity (Wildman–Crippen MR) is 108 cm³/mol. The Kier molecular flexibility index (Phi) is 5.48. The molecule has 1 aromatic carbocycles. The second-order valence-electron chi connectivity index (χ2n) is 7.22. The summed E-state index contributed by atoms with van der Waals surface area (Å²) in [5.41, 5.74) is 2.71. The second kappa shape index (κ2) is 8.35. The summed E-state index contributed by atoms with van der Waals surface area (Å²) in [5, 5.41) is 0. The summed E-state index contributed by atoms with van der Waals surface area (Å²) in [5.74, 6) is 1.30. The molecule has 0 saturated carbocycles. The topological polar surface area (TPSA) is 71.1 Å². The lowest BCUT2D eigenvalue weighted by Crippen LogP contribution is -2.40. The van der Waals surface area contributed by atoms with E-state index in [9.17, 15) is 4.79 Å². The third-order valence-electron chi connectivity index (χ3n) is 4.86. The molecular weight excluding hydrogens is 352 g/mol. The zero-order valence-electron chi connectivity index (χ0n) is 16.0. The van der Waals surface area contributed by atoms with Gasteiger partial charge in [0.15, 0.2) is 0 Å². The van der Waals surface area contributed by atoms with E-state index in [4.69, 9.17) is 4.74 Å². The quantitative estimate of drug-likeness (QED) is 0.740. The predicted octanol–water partition coefficient (Wildman–Crippen LogP) is 3.18. The number of pyridine rings is 1. The molecule has 0 aliphatic carbocycles. The number of nitrogens with zero attached hydrogens (tertiary/aromatic N) is 3. The van der Waals surface area contributed by atoms with Gasteiger partial charge in [0.1, 0.15) is 11.9 Å². The van der Waals surface area contributed by atoms with Crippen molar-refractivity contribution in [2.75, 3.05) is 13.1 Å². The highest BCUT2D eigenvalue weighted by Gasteiger charge is 2.21. The average molecular weight is 376 g/mol. The van der Waals surface area contributed by atoms with Crippen LogP contribution in [0.1, 0.15) is 24.1 Å². The molecule has 3 heterocycles. The van der Waals surface area contributed by atoms with E-state index >= 15 is 0 Å². The molecule has 144 valence electrons. The van der Waals surface area contributed by atoms with E-state index in [1.165, 1.54) is 11.6 Å². The molecule has 1 fully saturated rings. The maximum atomic E-state index is 11.7. The van der Waals surface area contributed by atoms with Crippen LogP contribution < -0.4 is 10.3 Å². The Morgan fingerprint density at radius 1 is 1.21 bits per heavy atom. The number of rotatable bonds is 5. The van der Waals surface area contributed by atoms with E-state index in [1.54, 1.807) is 6.20 Å². The molecule has 1 aliphatic rings. The largest absolute Gasteiger partial charge is 0.473 e. The summed E-state index contributed by atoms with van der Waals surface area (Å²) in [7, 11) is 0. The Morgan fingerprint density at radius 2 is 2.14 bits per heavy atom. The number of hydrogen-bond acceptors (Lipinski definition) is 5. The smallest absolute Gasteiger partial charge is 0.251 e. The first-order chi connectivity index (χ1) is 13.7. The van der Waals surface area contributed by atoms with Crippen molar-refractivity contribution in [2.45, 2.75) is 32.4 Å². The summed E-state index contributed by atoms with van der Waals surface area (Å²) in [6.45, 7) is 4.59. The van der Waals surface area contributed by atoms with Crippen molar-refractivity contribution in [1.82, 2.24) is 19.9 Å². The van der Waals surface area contributed by atoms with Crippen molar-refractivity contribution >= 4 is 0 Å². The normalized spacial score (nSPS) is 17.4. The van der Waals surface area contributed by atoms with Gasteiger partial charge in [-0.15, -0.1) is 0 Å². The van der Waals surface area contributed by atoms with E-state index in [-0.39, 0.29) is 11.7 Å². The lowest BCUT2D eigenvalue weighted by molar-refractivity contribution is 0.0809. The maximum Gasteiger partial charge on any atom is 0.251 e. The molecule has 28 heavy (non-hydrogen) atoms. The van der Waals surface area contributed by atoms with Crippen LogP contribution in [-0.2, 0) is 6.54 Å². The monoisotopic (exact) mass is 376 g/mol. The lowest BCUT2D eigenvalue weighted by Gasteiger charge is -2.32. The number of aryl methyl sites for hydroxylation is 1. The van der Waals surface area contributed by atoms with Gasteiger partial charge in [0.25, 0.3) is 5.56 Å². The van der Waals surface area contributed by atoms with Gasteiger partial charge in [-0.3, -0.25) is 9.69 Å². The van der Waals surface area contributed by atoms with Gasteiger partial charge in [-0.2, -0.15) is 0 Å². The molecule has 1 unspecified atom stereocenters. The Morgan fingerprint density at radius 3 is 2.96 bits per heavy atom. The van der Waals surface area contributed by atoms with Crippen LogP contribution in [0.2, 0.25) is 0 Å². The van der Waals surface area contributed by atoms with Crippen LogP contribution in [-0.4, -0.2) is 39.0 Å². The molecule has 1 saturated heterocycles. The average Bonchev–Trinajstić information content (AvgIpc) is 2.69. The van der Waals surface area contributed by atoms with Gasteiger partial charge in [0, 0.05) is 42.7 Å². The van der Waals surface area contributed by atoms with E-state index in [0.29, 0.717) is 11.7 Å². The molecule has 1 aliphatic heterocycles. The molecular formula is C22H24N4O2. The Balaban J connectivity index is 1.44. The highest BCUT2D eigenvalue weighted by molar-refractivity contribution is 5.55. The van der Waals surface area contributed by atoms with Gasteiger partial charge >= 0.3 is 0 Å². The minimum atomic E-state index is -0.126. The first kappa shape index (κ1) is 18.4. The minimum Gasteiger partial charge on any atom is -0.473 e. The van der Waals surface area contributed by atoms with Crippen molar-refractivity contribution in [3.63, 3.8) is 0 Å². The van der Waals surface area contributed by atoms with Crippen LogP contribution in [0.5, 0.6) is 5.88 Å². The molecule has 4 rings (SSSR count). The summed E-state index contributed by atoms with van der Waals surface area (Å²) in [6, 6.07) is 15.4. The van der Waals surface area contributed by atoms with Crippen molar-refractivity contribution in [2.24, 2.45) is 0 Å². The first-order valence-corrected chi connectivity index (χ1v) is 9.63. The number of aromatic amines is 1. The summed E-state index contributed by atoms with van der Waals surface area (Å²) >= 11 is 0. The molecule has 2 aromatic heterocycles. The number of likely N-dealkylation sites (tertiary alicyclic amines) is 1. The van der Waals surface area contributed by atoms with Crippen molar-refractivity contribution < 1.29 is 4.74 Å². The number of benzene rings is 1. The van der Waals surface area contributed by atoms with Crippen LogP contribution >= 0.6 is 0 Å². The Labute approximate surface area is 164 Å². The number of aromatic nitrogens is 3. The van der Waals surface area contributed by atoms with E-state index in [1.807, 2.05) is 37.3 Å². The van der Waals surface area contributed by atoms with Crippen LogP contribution in [0.3, 0.4) is 0 Å². The SMILES string of the molecule is Cc1cc(=O)[nH]c(-c2cccc(CN3CCCC(Oc4ccccn4)C3)c2)n1. The van der Waals surface area contributed by atoms with Gasteiger partial charge in [0.2, 0.25) is 5.88 Å². The van der Waals surface area contributed by atoms with Crippen molar-refractivity contribution in [3.8, 4) is 17.3 Å². The van der Waals surface area contributed by atoms with E-state index in [2.05, 4.69) is 32.0 Å². The van der Waals surface area contributed by atoms with E-state index in [0.717, 1.165) is 43.7 Å². The zero-order valence-corrected chi connectivity index (χ0v) is 16.0. The number of ether oxygens (including phenoxy) is 1. The van der Waals surface area contributed by atoms with Crippen molar-refractivity contribution in [3.05, 3.63) is 76.3 Å². The number of piperidine rings is 1. The Bertz CT molecular complexity index is 987. The molecule has 6 nitrogen and oxygen atoms in total. The fourth-order valence-electron chi connectivity index (χ4n) is 3.63. The van der Waals surface area contributed by atoms with Crippen LogP contribution in [0, 0.1) is 6.92 Å². The lowest BCUT2D eigenvalue weighted by atomic mass is 10.1. The molecule has 0 spiro atoms. The fraction of sp³-hybridized carbons (Fsp3) is 0.318. The number of H-pyrrole nitrogens is 1. The molecule has 0 amide bonds. The van der Waals surface area contributed by atoms with Gasteiger partial charge in [0.05, 0.1) is 0 Å². The maximum absolute atomic E-state index is 11.7. The fourth-order valence-corrected chi connectivity index (χ4v) is 3.63. The molecule has 0 bridgehead atoms. The highest BCUT2D eigenvalue weighted by atomic mass is 16.5. The van der Waals surface area contributed by atoms with Crippen molar-refractivity contribution in [1.29, 1.82) is 0 Å². The zero-order chi connectivity index (χ0) is 19.3. The molecule has 1 N–H and O–H groups in total. The van der Waals surface area contributed by atoms with Gasteiger partial charge in [-0.1, -0.05) is 24.3 Å². The summed E-state index contributed by atoms with van der Waals surface area (Å²) < 4.78 is 6.04. The number of hydrogen-bond donors (Lipinski definition) is 1. The third-order valence-corrected chi connectivity index (χ3v) is 4.86. The van der Waals surface area contributed by atoms with Crippen LogP contribution in [0.25, 0.3) is 11.4 Å². The second-order valence-corrected chi connectivity index (χ2v) is 7.22. The van der Waals surface area contributed by atoms with E-state index < -0.39 is 0 Å². The van der Waals surface area contributed by atoms with Gasteiger partial charge in [-0.05, 0) is 44.0 Å². The van der Waals surface area contributed by atoms with Gasteiger partial charge < -0.3 is 9.72 Å². The first-order valence-electron chi connectivity index (χ1n) is 9.63. The molecule has 3 aromatic rings. The standard InChI is InChI=1S/C22H24N4O2/c1-16-12-20(27)25-22(24-16)18-7-4-6-17(13-18)14-26-11-5-8-19(15-26)28-21-9-2-3-10-23-21/h2-4,6-7,9-10,12-13,19H,5,8,11,14-15H2,1H3,(H,24,25,27).